The minimum Gasteiger partial charge on any atom is -0.353 e. The summed E-state index contributed by atoms with van der Waals surface area (Å²) >= 11 is 1.86. The summed E-state index contributed by atoms with van der Waals surface area (Å²) < 4.78 is 2.60. The average Bonchev–Trinajstić information content (AvgIpc) is 3.43. The Labute approximate surface area is 188 Å². The summed E-state index contributed by atoms with van der Waals surface area (Å²) in [5.41, 5.74) is 7.03. The van der Waals surface area contributed by atoms with Crippen molar-refractivity contribution in [3.8, 4) is 22.4 Å². The normalized spacial score (nSPS) is 11.8. The molecule has 0 aliphatic carbocycles. The molecule has 7 aromatic rings. The van der Waals surface area contributed by atoms with Gasteiger partial charge in [0.1, 0.15) is 0 Å². The molecule has 0 bridgehead atoms. The lowest BCUT2D eigenvalue weighted by Crippen LogP contribution is -1.84. The summed E-state index contributed by atoms with van der Waals surface area (Å²) in [7, 11) is 0. The molecule has 0 atom stereocenters. The molecule has 3 aromatic heterocycles. The Balaban J connectivity index is 1.61. The lowest BCUT2D eigenvalue weighted by atomic mass is 9.99. The van der Waals surface area contributed by atoms with Gasteiger partial charge in [0.15, 0.2) is 0 Å². The number of pyridine rings is 1. The van der Waals surface area contributed by atoms with Gasteiger partial charge in [-0.15, -0.1) is 11.3 Å². The van der Waals surface area contributed by atoms with Crippen LogP contribution in [0.3, 0.4) is 0 Å². The van der Waals surface area contributed by atoms with Gasteiger partial charge in [-0.1, -0.05) is 66.7 Å². The Kier molecular flexibility index (Phi) is 3.75. The van der Waals surface area contributed by atoms with Crippen molar-refractivity contribution in [3.63, 3.8) is 0 Å². The topological polar surface area (TPSA) is 28.7 Å². The molecule has 1 N–H and O–H groups in total. The van der Waals surface area contributed by atoms with Gasteiger partial charge in [-0.25, -0.2) is 0 Å². The van der Waals surface area contributed by atoms with E-state index in [2.05, 4.69) is 96.0 Å². The Hall–Kier alpha value is -3.95. The predicted octanol–water partition coefficient (Wildman–Crippen LogP) is 8.42. The van der Waals surface area contributed by atoms with Crippen molar-refractivity contribution < 1.29 is 0 Å². The monoisotopic (exact) mass is 426 g/mol. The van der Waals surface area contributed by atoms with Crippen molar-refractivity contribution in [1.29, 1.82) is 0 Å². The molecule has 2 nitrogen and oxygen atoms in total. The third-order valence-electron chi connectivity index (χ3n) is 6.27. The zero-order valence-electron chi connectivity index (χ0n) is 17.2. The van der Waals surface area contributed by atoms with E-state index in [4.69, 9.17) is 4.98 Å². The van der Waals surface area contributed by atoms with Gasteiger partial charge in [0.05, 0.1) is 15.9 Å². The van der Waals surface area contributed by atoms with E-state index in [-0.39, 0.29) is 0 Å². The van der Waals surface area contributed by atoms with Crippen LogP contribution in [-0.4, -0.2) is 9.97 Å². The molecule has 32 heavy (non-hydrogen) atoms. The molecule has 0 fully saturated rings. The Morgan fingerprint density at radius 1 is 0.656 bits per heavy atom. The lowest BCUT2D eigenvalue weighted by Gasteiger charge is -2.06. The van der Waals surface area contributed by atoms with E-state index < -0.39 is 0 Å². The summed E-state index contributed by atoms with van der Waals surface area (Å²) in [5, 5.41) is 5.07. The van der Waals surface area contributed by atoms with Crippen LogP contribution >= 0.6 is 11.3 Å². The van der Waals surface area contributed by atoms with Crippen molar-refractivity contribution in [1.82, 2.24) is 9.97 Å². The molecule has 0 aliphatic heterocycles. The zero-order valence-corrected chi connectivity index (χ0v) is 18.0. The maximum absolute atomic E-state index is 4.70. The first-order chi connectivity index (χ1) is 15.9. The van der Waals surface area contributed by atoms with Crippen LogP contribution in [0.25, 0.3) is 64.4 Å². The highest BCUT2D eigenvalue weighted by atomic mass is 32.1. The maximum Gasteiger partial charge on any atom is 0.0708 e. The number of hydrogen-bond donors (Lipinski definition) is 1. The fourth-order valence-electron chi connectivity index (χ4n) is 4.79. The van der Waals surface area contributed by atoms with E-state index in [0.717, 1.165) is 5.69 Å². The van der Waals surface area contributed by atoms with Gasteiger partial charge >= 0.3 is 0 Å². The maximum atomic E-state index is 4.70. The predicted molar refractivity (Wildman–Crippen MR) is 137 cm³/mol. The van der Waals surface area contributed by atoms with Gasteiger partial charge in [0, 0.05) is 43.5 Å². The van der Waals surface area contributed by atoms with Gasteiger partial charge in [-0.3, -0.25) is 4.98 Å². The van der Waals surface area contributed by atoms with Crippen LogP contribution in [0.1, 0.15) is 0 Å². The SMILES string of the molecule is c1ccc(-c2ccc3c(c2)[nH]c2c3cc(-c3ccccn3)c3c4ccccc4sc23)cc1. The van der Waals surface area contributed by atoms with Gasteiger partial charge < -0.3 is 4.98 Å². The molecule has 7 rings (SSSR count). The van der Waals surface area contributed by atoms with Crippen molar-refractivity contribution >= 4 is 53.3 Å². The van der Waals surface area contributed by atoms with E-state index in [1.807, 2.05) is 23.6 Å². The molecule has 0 unspecified atom stereocenters. The molecule has 4 aromatic carbocycles. The number of H-pyrrole nitrogens is 1. The number of hydrogen-bond acceptors (Lipinski definition) is 2. The molecule has 150 valence electrons. The summed E-state index contributed by atoms with van der Waals surface area (Å²) in [5.74, 6) is 0. The fraction of sp³-hybridized carbons (Fsp3) is 0. The molecule has 0 spiro atoms. The second-order valence-electron chi connectivity index (χ2n) is 8.12. The van der Waals surface area contributed by atoms with Crippen LogP contribution in [0.4, 0.5) is 0 Å². The smallest absolute Gasteiger partial charge is 0.0708 e. The first kappa shape index (κ1) is 17.7. The molecule has 0 saturated carbocycles. The highest BCUT2D eigenvalue weighted by Crippen LogP contribution is 2.45. The minimum absolute atomic E-state index is 1.01. The highest BCUT2D eigenvalue weighted by Gasteiger charge is 2.18. The summed E-state index contributed by atoms with van der Waals surface area (Å²) in [4.78, 5) is 8.47. The molecule has 0 saturated heterocycles. The van der Waals surface area contributed by atoms with E-state index in [1.54, 1.807) is 0 Å². The minimum atomic E-state index is 1.01. The second-order valence-corrected chi connectivity index (χ2v) is 9.17. The van der Waals surface area contributed by atoms with Crippen molar-refractivity contribution in [2.24, 2.45) is 0 Å². The third-order valence-corrected chi connectivity index (χ3v) is 7.46. The second kappa shape index (κ2) is 6.78. The van der Waals surface area contributed by atoms with Gasteiger partial charge in [-0.05, 0) is 41.5 Å². The zero-order chi connectivity index (χ0) is 21.1. The van der Waals surface area contributed by atoms with Gasteiger partial charge in [-0.2, -0.15) is 0 Å². The van der Waals surface area contributed by atoms with Crippen LogP contribution in [0.2, 0.25) is 0 Å². The molecule has 0 amide bonds. The van der Waals surface area contributed by atoms with E-state index >= 15 is 0 Å². The summed E-state index contributed by atoms with van der Waals surface area (Å²) in [6, 6.07) is 34.4. The van der Waals surface area contributed by atoms with Crippen molar-refractivity contribution in [2.75, 3.05) is 0 Å². The highest BCUT2D eigenvalue weighted by molar-refractivity contribution is 7.26. The van der Waals surface area contributed by atoms with Gasteiger partial charge in [0.2, 0.25) is 0 Å². The average molecular weight is 427 g/mol. The van der Waals surface area contributed by atoms with Crippen LogP contribution < -0.4 is 0 Å². The molecular formula is C29H18N2S. The van der Waals surface area contributed by atoms with Crippen LogP contribution in [0, 0.1) is 0 Å². The van der Waals surface area contributed by atoms with Crippen LogP contribution in [0.5, 0.6) is 0 Å². The largest absolute Gasteiger partial charge is 0.353 e. The first-order valence-electron chi connectivity index (χ1n) is 10.7. The van der Waals surface area contributed by atoms with E-state index in [9.17, 15) is 0 Å². The molecule has 3 heterocycles. The number of nitrogens with one attached hydrogen (secondary N) is 1. The number of thiophene rings is 1. The lowest BCUT2D eigenvalue weighted by molar-refractivity contribution is 1.34. The third kappa shape index (κ3) is 2.55. The number of fused-ring (bicyclic) bond motifs is 7. The van der Waals surface area contributed by atoms with E-state index in [1.165, 1.54) is 58.7 Å². The Bertz CT molecular complexity index is 1760. The number of rotatable bonds is 2. The molecule has 3 heteroatoms. The van der Waals surface area contributed by atoms with Crippen molar-refractivity contribution in [2.45, 2.75) is 0 Å². The standard InChI is InChI=1S/C29H18N2S/c1-2-8-18(9-3-1)19-13-14-20-22-17-23(24-11-6-7-15-30-24)27-21-10-4-5-12-26(21)32-29(27)28(22)31-25(20)16-19/h1-17,31H. The summed E-state index contributed by atoms with van der Waals surface area (Å²) in [6.07, 6.45) is 1.88. The molecule has 0 aliphatic rings. The Morgan fingerprint density at radius 2 is 1.50 bits per heavy atom. The van der Waals surface area contributed by atoms with Crippen LogP contribution in [0.15, 0.2) is 103 Å². The van der Waals surface area contributed by atoms with E-state index in [0.29, 0.717) is 0 Å². The number of benzene rings is 4. The quantitative estimate of drug-likeness (QED) is 0.295. The number of aromatic amines is 1. The number of aromatic nitrogens is 2. The molecule has 0 radical (unpaired) electrons. The van der Waals surface area contributed by atoms with Gasteiger partial charge in [0.25, 0.3) is 0 Å². The summed E-state index contributed by atoms with van der Waals surface area (Å²) in [6.45, 7) is 0. The fourth-order valence-corrected chi connectivity index (χ4v) is 6.02. The van der Waals surface area contributed by atoms with Crippen molar-refractivity contribution in [3.05, 3.63) is 103 Å². The molecular weight excluding hydrogens is 408 g/mol. The van der Waals surface area contributed by atoms with Crippen LogP contribution in [-0.2, 0) is 0 Å². The number of nitrogens with zero attached hydrogens (tertiary/aromatic N) is 1. The first-order valence-corrected chi connectivity index (χ1v) is 11.5. The Morgan fingerprint density at radius 3 is 2.38 bits per heavy atom.